The summed E-state index contributed by atoms with van der Waals surface area (Å²) in [5.74, 6) is -0.743. The smallest absolute Gasteiger partial charge is 0.264 e. The molecule has 1 atom stereocenters. The van der Waals surface area contributed by atoms with Crippen molar-refractivity contribution < 1.29 is 18.0 Å². The fourth-order valence-corrected chi connectivity index (χ4v) is 7.06. The van der Waals surface area contributed by atoms with E-state index in [1.165, 1.54) is 17.0 Å². The highest BCUT2D eigenvalue weighted by Gasteiger charge is 2.35. The zero-order chi connectivity index (χ0) is 30.4. The number of amides is 2. The molecule has 0 bridgehead atoms. The molecule has 42 heavy (non-hydrogen) atoms. The molecular weight excluding hydrogens is 593 g/mol. The van der Waals surface area contributed by atoms with Crippen LogP contribution in [-0.2, 0) is 26.2 Å². The normalized spacial score (nSPS) is 14.4. The molecule has 0 aromatic heterocycles. The predicted octanol–water partition coefficient (Wildman–Crippen LogP) is 6.67. The number of benzene rings is 3. The third kappa shape index (κ3) is 7.46. The van der Waals surface area contributed by atoms with E-state index < -0.39 is 28.5 Å². The molecule has 0 aliphatic heterocycles. The summed E-state index contributed by atoms with van der Waals surface area (Å²) < 4.78 is 29.3. The first-order valence-corrected chi connectivity index (χ1v) is 16.4. The lowest BCUT2D eigenvalue weighted by Gasteiger charge is -2.34. The second kappa shape index (κ2) is 13.9. The first-order chi connectivity index (χ1) is 20.0. The van der Waals surface area contributed by atoms with Crippen LogP contribution in [0.2, 0.25) is 10.0 Å². The highest BCUT2D eigenvalue weighted by atomic mass is 35.5. The van der Waals surface area contributed by atoms with Crippen molar-refractivity contribution in [2.45, 2.75) is 76.4 Å². The summed E-state index contributed by atoms with van der Waals surface area (Å²) in [6, 6.07) is 17.8. The second-order valence-corrected chi connectivity index (χ2v) is 13.5. The van der Waals surface area contributed by atoms with Crippen molar-refractivity contribution in [1.82, 2.24) is 10.2 Å². The Balaban J connectivity index is 1.74. The molecule has 7 nitrogen and oxygen atoms in total. The number of aryl methyl sites for hydroxylation is 1. The van der Waals surface area contributed by atoms with E-state index in [0.29, 0.717) is 27.7 Å². The maximum atomic E-state index is 14.2. The average molecular weight is 631 g/mol. The molecule has 1 N–H and O–H groups in total. The fourth-order valence-electron chi connectivity index (χ4n) is 5.29. The van der Waals surface area contributed by atoms with E-state index in [1.807, 2.05) is 13.8 Å². The quantitative estimate of drug-likeness (QED) is 0.256. The van der Waals surface area contributed by atoms with Gasteiger partial charge in [0.05, 0.1) is 10.6 Å². The minimum Gasteiger partial charge on any atom is -0.352 e. The monoisotopic (exact) mass is 629 g/mol. The average Bonchev–Trinajstić information content (AvgIpc) is 3.47. The Morgan fingerprint density at radius 2 is 1.60 bits per heavy atom. The molecule has 224 valence electrons. The molecular formula is C32H37Cl2N3O4S. The molecule has 0 saturated heterocycles. The molecule has 0 heterocycles. The molecule has 1 aliphatic carbocycles. The van der Waals surface area contributed by atoms with Crippen LogP contribution in [0.15, 0.2) is 71.6 Å². The van der Waals surface area contributed by atoms with Gasteiger partial charge in [0, 0.05) is 22.6 Å². The lowest BCUT2D eigenvalue weighted by Crippen LogP contribution is -2.53. The summed E-state index contributed by atoms with van der Waals surface area (Å²) in [5.41, 5.74) is 2.50. The van der Waals surface area contributed by atoms with Crippen LogP contribution in [0.4, 0.5) is 5.69 Å². The lowest BCUT2D eigenvalue weighted by atomic mass is 10.1. The van der Waals surface area contributed by atoms with Gasteiger partial charge in [0.1, 0.15) is 12.6 Å². The van der Waals surface area contributed by atoms with Gasteiger partial charge in [-0.15, -0.1) is 0 Å². The second-order valence-electron chi connectivity index (χ2n) is 10.8. The van der Waals surface area contributed by atoms with Gasteiger partial charge in [0.15, 0.2) is 0 Å². The summed E-state index contributed by atoms with van der Waals surface area (Å²) in [6.07, 6.45) is 4.28. The van der Waals surface area contributed by atoms with Crippen molar-refractivity contribution >= 4 is 50.7 Å². The van der Waals surface area contributed by atoms with Crippen LogP contribution in [0.5, 0.6) is 0 Å². The van der Waals surface area contributed by atoms with E-state index in [4.69, 9.17) is 23.2 Å². The van der Waals surface area contributed by atoms with Gasteiger partial charge in [-0.1, -0.05) is 78.9 Å². The maximum Gasteiger partial charge on any atom is 0.264 e. The highest BCUT2D eigenvalue weighted by molar-refractivity contribution is 7.92. The van der Waals surface area contributed by atoms with Gasteiger partial charge in [-0.2, -0.15) is 0 Å². The first-order valence-electron chi connectivity index (χ1n) is 14.2. The molecule has 0 radical (unpaired) electrons. The van der Waals surface area contributed by atoms with E-state index in [2.05, 4.69) is 5.32 Å². The van der Waals surface area contributed by atoms with Gasteiger partial charge in [0.2, 0.25) is 11.8 Å². The summed E-state index contributed by atoms with van der Waals surface area (Å²) in [7, 11) is -4.18. The van der Waals surface area contributed by atoms with E-state index in [0.717, 1.165) is 41.1 Å². The van der Waals surface area contributed by atoms with Crippen LogP contribution in [0, 0.1) is 13.8 Å². The number of carbonyl (C=O) groups excluding carboxylic acids is 2. The SMILES string of the molecule is CC[C@@H](C(=O)NC1CCCC1)N(Cc1ccc(Cl)cc1)C(=O)CN(c1cccc(Cl)c1C)S(=O)(=O)c1ccc(C)cc1. The number of anilines is 1. The minimum absolute atomic E-state index is 0.0514. The van der Waals surface area contributed by atoms with Gasteiger partial charge in [0.25, 0.3) is 10.0 Å². The van der Waals surface area contributed by atoms with Crippen molar-refractivity contribution in [1.29, 1.82) is 0 Å². The van der Waals surface area contributed by atoms with Gasteiger partial charge in [-0.3, -0.25) is 13.9 Å². The number of nitrogens with one attached hydrogen (secondary N) is 1. The zero-order valence-electron chi connectivity index (χ0n) is 24.1. The zero-order valence-corrected chi connectivity index (χ0v) is 26.5. The largest absolute Gasteiger partial charge is 0.352 e. The Hall–Kier alpha value is -3.07. The van der Waals surface area contributed by atoms with Crippen molar-refractivity contribution in [2.75, 3.05) is 10.8 Å². The minimum atomic E-state index is -4.18. The lowest BCUT2D eigenvalue weighted by molar-refractivity contribution is -0.140. The van der Waals surface area contributed by atoms with Crippen LogP contribution in [0.1, 0.15) is 55.7 Å². The van der Waals surface area contributed by atoms with Crippen LogP contribution in [0.3, 0.4) is 0 Å². The summed E-state index contributed by atoms with van der Waals surface area (Å²) in [5, 5.41) is 4.05. The molecule has 1 fully saturated rings. The molecule has 4 rings (SSSR count). The van der Waals surface area contributed by atoms with Crippen LogP contribution in [0.25, 0.3) is 0 Å². The van der Waals surface area contributed by atoms with Gasteiger partial charge in [-0.05, 0) is 80.6 Å². The molecule has 1 aliphatic rings. The Bertz CT molecular complexity index is 1510. The molecule has 3 aromatic carbocycles. The molecule has 0 spiro atoms. The van der Waals surface area contributed by atoms with Crippen LogP contribution >= 0.6 is 23.2 Å². The topological polar surface area (TPSA) is 86.8 Å². The van der Waals surface area contributed by atoms with E-state index in [9.17, 15) is 18.0 Å². The number of rotatable bonds is 11. The third-order valence-corrected chi connectivity index (χ3v) is 10.2. The van der Waals surface area contributed by atoms with Crippen LogP contribution in [-0.4, -0.2) is 43.8 Å². The highest BCUT2D eigenvalue weighted by Crippen LogP contribution is 2.31. The Morgan fingerprint density at radius 3 is 2.21 bits per heavy atom. The molecule has 2 amide bonds. The van der Waals surface area contributed by atoms with E-state index in [1.54, 1.807) is 61.5 Å². The number of carbonyl (C=O) groups is 2. The number of halogens is 2. The molecule has 3 aromatic rings. The van der Waals surface area contributed by atoms with Gasteiger partial charge in [-0.25, -0.2) is 8.42 Å². The van der Waals surface area contributed by atoms with E-state index >= 15 is 0 Å². The molecule has 10 heteroatoms. The predicted molar refractivity (Wildman–Crippen MR) is 168 cm³/mol. The van der Waals surface area contributed by atoms with Crippen LogP contribution < -0.4 is 9.62 Å². The fraction of sp³-hybridized carbons (Fsp3) is 0.375. The third-order valence-electron chi connectivity index (χ3n) is 7.75. The first kappa shape index (κ1) is 31.9. The Kier molecular flexibility index (Phi) is 10.6. The number of nitrogens with zero attached hydrogens (tertiary/aromatic N) is 2. The van der Waals surface area contributed by atoms with Crippen molar-refractivity contribution in [3.8, 4) is 0 Å². The number of hydrogen-bond acceptors (Lipinski definition) is 4. The summed E-state index contributed by atoms with van der Waals surface area (Å²) >= 11 is 12.5. The molecule has 0 unspecified atom stereocenters. The number of hydrogen-bond donors (Lipinski definition) is 1. The molecule has 1 saturated carbocycles. The van der Waals surface area contributed by atoms with Crippen molar-refractivity contribution in [3.63, 3.8) is 0 Å². The summed E-state index contributed by atoms with van der Waals surface area (Å²) in [6.45, 7) is 5.03. The van der Waals surface area contributed by atoms with E-state index in [-0.39, 0.29) is 23.4 Å². The Morgan fingerprint density at radius 1 is 0.952 bits per heavy atom. The number of sulfonamides is 1. The van der Waals surface area contributed by atoms with Crippen molar-refractivity contribution in [2.24, 2.45) is 0 Å². The van der Waals surface area contributed by atoms with Gasteiger partial charge < -0.3 is 10.2 Å². The standard InChI is InChI=1S/C32H37Cl2N3O4S/c1-4-29(32(39)35-26-8-5-6-9-26)36(20-24-14-16-25(33)17-15-24)31(38)21-37(30-11-7-10-28(34)23(30)3)42(40,41)27-18-12-22(2)13-19-27/h7,10-19,26,29H,4-6,8-9,20-21H2,1-3H3,(H,35,39)/t29-/m0/s1. The van der Waals surface area contributed by atoms with Crippen molar-refractivity contribution in [3.05, 3.63) is 93.5 Å². The van der Waals surface area contributed by atoms with Gasteiger partial charge >= 0.3 is 0 Å². The Labute approximate surface area is 258 Å². The summed E-state index contributed by atoms with van der Waals surface area (Å²) in [4.78, 5) is 29.3. The maximum absolute atomic E-state index is 14.2.